The van der Waals surface area contributed by atoms with Gasteiger partial charge in [-0.15, -0.1) is 0 Å². The minimum absolute atomic E-state index is 0.376. The minimum Gasteiger partial charge on any atom is -0.496 e. The minimum atomic E-state index is -0.478. The third-order valence-corrected chi connectivity index (χ3v) is 4.32. The van der Waals surface area contributed by atoms with Crippen molar-refractivity contribution in [2.45, 2.75) is 50.2 Å². The van der Waals surface area contributed by atoms with Crippen LogP contribution in [0.25, 0.3) is 0 Å². The van der Waals surface area contributed by atoms with E-state index in [0.29, 0.717) is 6.42 Å². The van der Waals surface area contributed by atoms with Crippen LogP contribution in [-0.2, 0) is 11.2 Å². The van der Waals surface area contributed by atoms with Crippen molar-refractivity contribution in [2.24, 2.45) is 0 Å². The quantitative estimate of drug-likeness (QED) is 0.888. The SMILES string of the molecule is COc1ccccc1CC(O)C1(OC)CCCCC1. The summed E-state index contributed by atoms with van der Waals surface area (Å²) in [6, 6.07) is 7.86. The predicted molar refractivity (Wildman–Crippen MR) is 75.5 cm³/mol. The van der Waals surface area contributed by atoms with E-state index in [0.717, 1.165) is 37.0 Å². The Bertz CT molecular complexity index is 397. The summed E-state index contributed by atoms with van der Waals surface area (Å²) >= 11 is 0. The van der Waals surface area contributed by atoms with Gasteiger partial charge in [0.1, 0.15) is 5.75 Å². The smallest absolute Gasteiger partial charge is 0.122 e. The fourth-order valence-electron chi connectivity index (χ4n) is 3.09. The van der Waals surface area contributed by atoms with Crippen LogP contribution in [-0.4, -0.2) is 31.0 Å². The van der Waals surface area contributed by atoms with Crippen LogP contribution in [0.1, 0.15) is 37.7 Å². The third-order valence-electron chi connectivity index (χ3n) is 4.32. The van der Waals surface area contributed by atoms with Crippen LogP contribution >= 0.6 is 0 Å². The van der Waals surface area contributed by atoms with E-state index in [1.807, 2.05) is 24.3 Å². The van der Waals surface area contributed by atoms with Gasteiger partial charge in [0.15, 0.2) is 0 Å². The molecule has 3 nitrogen and oxygen atoms in total. The van der Waals surface area contributed by atoms with Crippen molar-refractivity contribution in [1.82, 2.24) is 0 Å². The Morgan fingerprint density at radius 1 is 1.16 bits per heavy atom. The highest BCUT2D eigenvalue weighted by molar-refractivity contribution is 5.34. The highest BCUT2D eigenvalue weighted by Gasteiger charge is 2.39. The number of aliphatic hydroxyl groups is 1. The molecule has 0 radical (unpaired) electrons. The first-order valence-corrected chi connectivity index (χ1v) is 7.07. The molecule has 1 unspecified atom stereocenters. The second-order valence-corrected chi connectivity index (χ2v) is 5.36. The number of methoxy groups -OCH3 is 2. The molecule has 0 spiro atoms. The number of aliphatic hydroxyl groups excluding tert-OH is 1. The van der Waals surface area contributed by atoms with E-state index in [1.165, 1.54) is 6.42 Å². The Kier molecular flexibility index (Phi) is 4.83. The van der Waals surface area contributed by atoms with Crippen molar-refractivity contribution in [3.05, 3.63) is 29.8 Å². The van der Waals surface area contributed by atoms with Crippen LogP contribution in [0.3, 0.4) is 0 Å². The van der Waals surface area contributed by atoms with Crippen molar-refractivity contribution in [3.8, 4) is 5.75 Å². The summed E-state index contributed by atoms with van der Waals surface area (Å²) in [5, 5.41) is 10.6. The summed E-state index contributed by atoms with van der Waals surface area (Å²) in [5.74, 6) is 0.837. The van der Waals surface area contributed by atoms with E-state index < -0.39 is 6.10 Å². The summed E-state index contributed by atoms with van der Waals surface area (Å²) in [5.41, 5.74) is 0.665. The fraction of sp³-hybridized carbons (Fsp3) is 0.625. The van der Waals surface area contributed by atoms with Crippen molar-refractivity contribution in [2.75, 3.05) is 14.2 Å². The van der Waals surface area contributed by atoms with Crippen LogP contribution in [0.15, 0.2) is 24.3 Å². The van der Waals surface area contributed by atoms with Crippen molar-refractivity contribution >= 4 is 0 Å². The van der Waals surface area contributed by atoms with Crippen LogP contribution in [0.4, 0.5) is 0 Å². The normalized spacial score (nSPS) is 19.9. The maximum absolute atomic E-state index is 10.6. The monoisotopic (exact) mass is 264 g/mol. The van der Waals surface area contributed by atoms with Gasteiger partial charge in [0.25, 0.3) is 0 Å². The zero-order chi connectivity index (χ0) is 13.7. The number of ether oxygens (including phenoxy) is 2. The molecule has 3 heteroatoms. The highest BCUT2D eigenvalue weighted by Crippen LogP contribution is 2.36. The fourth-order valence-corrected chi connectivity index (χ4v) is 3.09. The first-order valence-electron chi connectivity index (χ1n) is 7.07. The molecule has 0 aliphatic heterocycles. The van der Waals surface area contributed by atoms with Crippen molar-refractivity contribution in [1.29, 1.82) is 0 Å². The van der Waals surface area contributed by atoms with Gasteiger partial charge in [0, 0.05) is 13.5 Å². The van der Waals surface area contributed by atoms with Gasteiger partial charge in [-0.05, 0) is 24.5 Å². The number of hydrogen-bond acceptors (Lipinski definition) is 3. The average Bonchev–Trinajstić information content (AvgIpc) is 2.48. The van der Waals surface area contributed by atoms with E-state index in [9.17, 15) is 5.11 Å². The lowest BCUT2D eigenvalue weighted by atomic mass is 9.78. The van der Waals surface area contributed by atoms with Crippen molar-refractivity contribution < 1.29 is 14.6 Å². The van der Waals surface area contributed by atoms with Gasteiger partial charge >= 0.3 is 0 Å². The summed E-state index contributed by atoms with van der Waals surface area (Å²) < 4.78 is 11.0. The molecule has 1 aliphatic rings. The molecule has 19 heavy (non-hydrogen) atoms. The largest absolute Gasteiger partial charge is 0.496 e. The van der Waals surface area contributed by atoms with E-state index in [1.54, 1.807) is 14.2 Å². The maximum atomic E-state index is 10.6. The van der Waals surface area contributed by atoms with Gasteiger partial charge in [0.05, 0.1) is 18.8 Å². The number of para-hydroxylation sites is 1. The number of hydrogen-bond donors (Lipinski definition) is 1. The molecule has 2 rings (SSSR count). The maximum Gasteiger partial charge on any atom is 0.122 e. The third kappa shape index (κ3) is 3.10. The van der Waals surface area contributed by atoms with Crippen LogP contribution in [0, 0.1) is 0 Å². The lowest BCUT2D eigenvalue weighted by Gasteiger charge is -2.40. The molecule has 0 saturated heterocycles. The zero-order valence-corrected chi connectivity index (χ0v) is 11.9. The Morgan fingerprint density at radius 3 is 2.47 bits per heavy atom. The van der Waals surface area contributed by atoms with Crippen LogP contribution in [0.5, 0.6) is 5.75 Å². The lowest BCUT2D eigenvalue weighted by Crippen LogP contribution is -2.46. The van der Waals surface area contributed by atoms with E-state index in [-0.39, 0.29) is 5.60 Å². The van der Waals surface area contributed by atoms with Gasteiger partial charge in [-0.2, -0.15) is 0 Å². The number of rotatable bonds is 5. The Labute approximate surface area is 115 Å². The summed E-state index contributed by atoms with van der Waals surface area (Å²) in [6.07, 6.45) is 5.51. The summed E-state index contributed by atoms with van der Waals surface area (Å²) in [4.78, 5) is 0. The second-order valence-electron chi connectivity index (χ2n) is 5.36. The first-order chi connectivity index (χ1) is 9.22. The molecular weight excluding hydrogens is 240 g/mol. The van der Waals surface area contributed by atoms with Gasteiger partial charge < -0.3 is 14.6 Å². The molecule has 1 fully saturated rings. The highest BCUT2D eigenvalue weighted by atomic mass is 16.5. The van der Waals surface area contributed by atoms with Crippen molar-refractivity contribution in [3.63, 3.8) is 0 Å². The van der Waals surface area contributed by atoms with Crippen LogP contribution in [0.2, 0.25) is 0 Å². The lowest BCUT2D eigenvalue weighted by molar-refractivity contribution is -0.122. The van der Waals surface area contributed by atoms with Crippen LogP contribution < -0.4 is 4.74 Å². The van der Waals surface area contributed by atoms with E-state index in [2.05, 4.69) is 0 Å². The molecule has 1 saturated carbocycles. The average molecular weight is 264 g/mol. The Balaban J connectivity index is 2.12. The molecule has 1 N–H and O–H groups in total. The predicted octanol–water partition coefficient (Wildman–Crippen LogP) is 2.95. The van der Waals surface area contributed by atoms with Gasteiger partial charge in [-0.1, -0.05) is 37.5 Å². The summed E-state index contributed by atoms with van der Waals surface area (Å²) in [7, 11) is 3.38. The molecule has 0 aromatic heterocycles. The molecule has 0 heterocycles. The molecule has 1 atom stereocenters. The Morgan fingerprint density at radius 2 is 1.84 bits per heavy atom. The molecule has 1 aromatic rings. The van der Waals surface area contributed by atoms with Gasteiger partial charge in [-0.3, -0.25) is 0 Å². The van der Waals surface area contributed by atoms with Gasteiger partial charge in [-0.25, -0.2) is 0 Å². The standard InChI is InChI=1S/C16H24O3/c1-18-14-9-5-4-8-13(14)12-15(17)16(19-2)10-6-3-7-11-16/h4-5,8-9,15,17H,3,6-7,10-12H2,1-2H3. The topological polar surface area (TPSA) is 38.7 Å². The van der Waals surface area contributed by atoms with Gasteiger partial charge in [0.2, 0.25) is 0 Å². The Hall–Kier alpha value is -1.06. The molecule has 0 amide bonds. The summed E-state index contributed by atoms with van der Waals surface area (Å²) in [6.45, 7) is 0. The molecule has 106 valence electrons. The second kappa shape index (κ2) is 6.40. The first kappa shape index (κ1) is 14.4. The zero-order valence-electron chi connectivity index (χ0n) is 11.9. The number of benzene rings is 1. The molecular formula is C16H24O3. The van der Waals surface area contributed by atoms with E-state index in [4.69, 9.17) is 9.47 Å². The molecule has 1 aliphatic carbocycles. The van der Waals surface area contributed by atoms with E-state index >= 15 is 0 Å². The molecule has 0 bridgehead atoms. The molecule has 1 aromatic carbocycles.